The van der Waals surface area contributed by atoms with Crippen LogP contribution in [0.15, 0.2) is 33.6 Å². The molecule has 0 aliphatic heterocycles. The molecule has 1 amide bonds. The zero-order chi connectivity index (χ0) is 14.7. The Labute approximate surface area is 121 Å². The number of carbonyl (C=O) groups is 1. The van der Waals surface area contributed by atoms with Crippen molar-refractivity contribution in [2.75, 3.05) is 0 Å². The van der Waals surface area contributed by atoms with E-state index in [0.717, 1.165) is 12.8 Å². The lowest BCUT2D eigenvalue weighted by molar-refractivity contribution is 0.0928. The molecule has 110 valence electrons. The van der Waals surface area contributed by atoms with E-state index in [0.29, 0.717) is 17.0 Å². The van der Waals surface area contributed by atoms with Crippen LogP contribution in [0.5, 0.6) is 0 Å². The molecule has 2 aromatic rings. The Morgan fingerprint density at radius 1 is 1.19 bits per heavy atom. The zero-order valence-corrected chi connectivity index (χ0v) is 11.6. The molecule has 1 fully saturated rings. The maximum Gasteiger partial charge on any atom is 0.439 e. The third-order valence-corrected chi connectivity index (χ3v) is 3.80. The highest BCUT2D eigenvalue weighted by molar-refractivity contribution is 5.94. The largest absolute Gasteiger partial charge is 0.439 e. The maximum absolute atomic E-state index is 12.2. The summed E-state index contributed by atoms with van der Waals surface area (Å²) in [6, 6.07) is 7.21. The summed E-state index contributed by atoms with van der Waals surface area (Å²) in [7, 11) is 0. The molecule has 0 bridgehead atoms. The van der Waals surface area contributed by atoms with Gasteiger partial charge >= 0.3 is 5.76 Å². The molecule has 6 heteroatoms. The number of nitrogens with zero attached hydrogens (tertiary/aromatic N) is 1. The first-order valence-electron chi connectivity index (χ1n) is 7.20. The predicted molar refractivity (Wildman–Crippen MR) is 76.9 cm³/mol. The molecule has 6 nitrogen and oxygen atoms in total. The van der Waals surface area contributed by atoms with Crippen LogP contribution < -0.4 is 11.1 Å². The highest BCUT2D eigenvalue weighted by atomic mass is 16.5. The van der Waals surface area contributed by atoms with Crippen LogP contribution in [-0.2, 0) is 0 Å². The van der Waals surface area contributed by atoms with Crippen molar-refractivity contribution in [3.05, 3.63) is 40.4 Å². The van der Waals surface area contributed by atoms with E-state index in [4.69, 9.17) is 0 Å². The summed E-state index contributed by atoms with van der Waals surface area (Å²) in [5, 5.41) is 6.68. The van der Waals surface area contributed by atoms with Crippen LogP contribution in [0, 0.1) is 0 Å². The highest BCUT2D eigenvalue weighted by Gasteiger charge is 2.16. The first-order chi connectivity index (χ1) is 10.2. The first-order valence-corrected chi connectivity index (χ1v) is 7.20. The van der Waals surface area contributed by atoms with Gasteiger partial charge in [0.05, 0.1) is 0 Å². The van der Waals surface area contributed by atoms with Gasteiger partial charge < -0.3 is 5.32 Å². The molecule has 2 N–H and O–H groups in total. The Kier molecular flexibility index (Phi) is 3.85. The number of rotatable bonds is 3. The Bertz CT molecular complexity index is 666. The molecule has 1 aliphatic carbocycles. The summed E-state index contributed by atoms with van der Waals surface area (Å²) < 4.78 is 4.46. The van der Waals surface area contributed by atoms with Crippen molar-refractivity contribution in [2.24, 2.45) is 0 Å². The SMILES string of the molecule is O=C(NC1CCCCC1)c1ccc(-c2noc(=O)[nH]2)cc1. The van der Waals surface area contributed by atoms with E-state index in [1.54, 1.807) is 24.3 Å². The van der Waals surface area contributed by atoms with E-state index in [2.05, 4.69) is 20.0 Å². The second-order valence-corrected chi connectivity index (χ2v) is 5.33. The molecule has 1 saturated carbocycles. The van der Waals surface area contributed by atoms with E-state index in [1.807, 2.05) is 0 Å². The van der Waals surface area contributed by atoms with Crippen LogP contribution in [0.4, 0.5) is 0 Å². The minimum absolute atomic E-state index is 0.0536. The topological polar surface area (TPSA) is 88.0 Å². The van der Waals surface area contributed by atoms with Crippen molar-refractivity contribution in [2.45, 2.75) is 38.1 Å². The Morgan fingerprint density at radius 2 is 1.90 bits per heavy atom. The lowest BCUT2D eigenvalue weighted by Crippen LogP contribution is -2.36. The Hall–Kier alpha value is -2.37. The number of aromatic nitrogens is 2. The normalized spacial score (nSPS) is 15.8. The minimum atomic E-state index is -0.593. The van der Waals surface area contributed by atoms with E-state index >= 15 is 0 Å². The Morgan fingerprint density at radius 3 is 2.52 bits per heavy atom. The number of nitrogens with one attached hydrogen (secondary N) is 2. The fourth-order valence-corrected chi connectivity index (χ4v) is 2.65. The quantitative estimate of drug-likeness (QED) is 0.904. The van der Waals surface area contributed by atoms with Crippen molar-refractivity contribution in [3.8, 4) is 11.4 Å². The number of H-pyrrole nitrogens is 1. The van der Waals surface area contributed by atoms with Gasteiger partial charge in [0.25, 0.3) is 5.91 Å². The summed E-state index contributed by atoms with van der Waals surface area (Å²) in [5.74, 6) is -0.287. The fourth-order valence-electron chi connectivity index (χ4n) is 2.65. The smallest absolute Gasteiger partial charge is 0.349 e. The molecule has 3 rings (SSSR count). The van der Waals surface area contributed by atoms with Crippen molar-refractivity contribution in [1.29, 1.82) is 0 Å². The van der Waals surface area contributed by atoms with Crippen molar-refractivity contribution >= 4 is 5.91 Å². The van der Waals surface area contributed by atoms with Gasteiger partial charge in [0.15, 0.2) is 5.82 Å². The maximum atomic E-state index is 12.2. The van der Waals surface area contributed by atoms with Gasteiger partial charge in [0.1, 0.15) is 0 Å². The van der Waals surface area contributed by atoms with Crippen LogP contribution in [0.1, 0.15) is 42.5 Å². The lowest BCUT2D eigenvalue weighted by Gasteiger charge is -2.22. The number of carbonyl (C=O) groups excluding carboxylic acids is 1. The summed E-state index contributed by atoms with van der Waals surface area (Å²) in [6.07, 6.45) is 5.75. The van der Waals surface area contributed by atoms with Gasteiger partial charge in [0, 0.05) is 17.2 Å². The van der Waals surface area contributed by atoms with Gasteiger partial charge in [-0.15, -0.1) is 0 Å². The lowest BCUT2D eigenvalue weighted by atomic mass is 9.95. The molecule has 0 unspecified atom stereocenters. The second-order valence-electron chi connectivity index (χ2n) is 5.33. The van der Waals surface area contributed by atoms with Gasteiger partial charge in [-0.05, 0) is 25.0 Å². The van der Waals surface area contributed by atoms with E-state index in [-0.39, 0.29) is 11.9 Å². The summed E-state index contributed by atoms with van der Waals surface area (Å²) >= 11 is 0. The van der Waals surface area contributed by atoms with Crippen LogP contribution >= 0.6 is 0 Å². The number of hydrogen-bond donors (Lipinski definition) is 2. The molecule has 0 spiro atoms. The molecule has 1 heterocycles. The number of amides is 1. The van der Waals surface area contributed by atoms with Crippen LogP contribution in [0.2, 0.25) is 0 Å². The van der Waals surface area contributed by atoms with Gasteiger partial charge in [-0.2, -0.15) is 0 Å². The van der Waals surface area contributed by atoms with E-state index in [9.17, 15) is 9.59 Å². The number of hydrogen-bond acceptors (Lipinski definition) is 4. The molecular weight excluding hydrogens is 270 g/mol. The number of aromatic amines is 1. The summed E-state index contributed by atoms with van der Waals surface area (Å²) in [4.78, 5) is 25.5. The molecule has 0 radical (unpaired) electrons. The summed E-state index contributed by atoms with van der Waals surface area (Å²) in [6.45, 7) is 0. The fraction of sp³-hybridized carbons (Fsp3) is 0.400. The third kappa shape index (κ3) is 3.21. The first kappa shape index (κ1) is 13.6. The predicted octanol–water partition coefficient (Wildman–Crippen LogP) is 2.09. The molecule has 1 aliphatic rings. The average molecular weight is 287 g/mol. The number of benzene rings is 1. The standard InChI is InChI=1S/C15H17N3O3/c19-14(16-12-4-2-1-3-5-12)11-8-6-10(7-9-11)13-17-15(20)21-18-13/h6-9,12H,1-5H2,(H,16,19)(H,17,18,20). The Balaban J connectivity index is 1.68. The minimum Gasteiger partial charge on any atom is -0.349 e. The van der Waals surface area contributed by atoms with Crippen molar-refractivity contribution in [3.63, 3.8) is 0 Å². The molecule has 1 aromatic carbocycles. The highest BCUT2D eigenvalue weighted by Crippen LogP contribution is 2.18. The molecule has 0 saturated heterocycles. The van der Waals surface area contributed by atoms with Crippen LogP contribution in [0.3, 0.4) is 0 Å². The molecule has 1 aromatic heterocycles. The monoisotopic (exact) mass is 287 g/mol. The molecule has 0 atom stereocenters. The van der Waals surface area contributed by atoms with Gasteiger partial charge in [0.2, 0.25) is 0 Å². The molecule has 21 heavy (non-hydrogen) atoms. The van der Waals surface area contributed by atoms with Crippen LogP contribution in [0.25, 0.3) is 11.4 Å². The molecular formula is C15H17N3O3. The van der Waals surface area contributed by atoms with Crippen molar-refractivity contribution in [1.82, 2.24) is 15.5 Å². The second kappa shape index (κ2) is 5.95. The van der Waals surface area contributed by atoms with Gasteiger partial charge in [-0.25, -0.2) is 4.79 Å². The average Bonchev–Trinajstić information content (AvgIpc) is 2.95. The van der Waals surface area contributed by atoms with E-state index < -0.39 is 5.76 Å². The zero-order valence-electron chi connectivity index (χ0n) is 11.6. The summed E-state index contributed by atoms with van der Waals surface area (Å²) in [5.41, 5.74) is 1.31. The van der Waals surface area contributed by atoms with Gasteiger partial charge in [-0.3, -0.25) is 14.3 Å². The van der Waals surface area contributed by atoms with Gasteiger partial charge in [-0.1, -0.05) is 36.6 Å². The third-order valence-electron chi connectivity index (χ3n) is 3.80. The van der Waals surface area contributed by atoms with Crippen molar-refractivity contribution < 1.29 is 9.32 Å². The van der Waals surface area contributed by atoms with Crippen LogP contribution in [-0.4, -0.2) is 22.1 Å². The van der Waals surface area contributed by atoms with E-state index in [1.165, 1.54) is 19.3 Å².